The first kappa shape index (κ1) is 32.1. The van der Waals surface area contributed by atoms with Gasteiger partial charge in [-0.2, -0.15) is 0 Å². The number of carbonyl (C=O) groups is 1. The molecule has 8 atom stereocenters. The molecule has 4 bridgehead atoms. The summed E-state index contributed by atoms with van der Waals surface area (Å²) in [5.74, 6) is 3.90. The zero-order valence-corrected chi connectivity index (χ0v) is 31.5. The van der Waals surface area contributed by atoms with Gasteiger partial charge in [-0.1, -0.05) is 69.9 Å². The first-order valence-electron chi connectivity index (χ1n) is 19.7. The summed E-state index contributed by atoms with van der Waals surface area (Å²) in [6, 6.07) is 18.6. The highest BCUT2D eigenvalue weighted by Gasteiger charge is 2.59. The van der Waals surface area contributed by atoms with Crippen molar-refractivity contribution in [3.63, 3.8) is 0 Å². The Bertz CT molecular complexity index is 1770. The van der Waals surface area contributed by atoms with Gasteiger partial charge in [0.05, 0.1) is 16.8 Å². The van der Waals surface area contributed by atoms with Crippen LogP contribution in [0.5, 0.6) is 0 Å². The fourth-order valence-electron chi connectivity index (χ4n) is 12.8. The topological polar surface area (TPSA) is 49.3 Å². The summed E-state index contributed by atoms with van der Waals surface area (Å²) in [5, 5.41) is 1.30. The van der Waals surface area contributed by atoms with Crippen molar-refractivity contribution in [2.45, 2.75) is 115 Å². The molecule has 6 heteroatoms. The van der Waals surface area contributed by atoms with Crippen molar-refractivity contribution in [1.82, 2.24) is 19.8 Å². The lowest BCUT2D eigenvalue weighted by atomic mass is 9.53. The number of fused-ring (bicyclic) bond motifs is 2. The van der Waals surface area contributed by atoms with Gasteiger partial charge in [-0.15, -0.1) is 0 Å². The third-order valence-corrected chi connectivity index (χ3v) is 16.1. The first-order chi connectivity index (χ1) is 23.6. The minimum atomic E-state index is -1.83. The molecule has 5 nitrogen and oxygen atoms in total. The maximum Gasteiger partial charge on any atom is 0.210 e. The van der Waals surface area contributed by atoms with Crippen molar-refractivity contribution in [2.75, 3.05) is 13.1 Å². The number of hydrogen-bond acceptors (Lipinski definition) is 4. The van der Waals surface area contributed by atoms with E-state index >= 15 is 0 Å². The number of likely N-dealkylation sites (tertiary alicyclic amines) is 2. The predicted octanol–water partition coefficient (Wildman–Crippen LogP) is 8.06. The van der Waals surface area contributed by atoms with Gasteiger partial charge in [-0.25, -0.2) is 0 Å². The van der Waals surface area contributed by atoms with E-state index in [1.807, 2.05) is 0 Å². The average Bonchev–Trinajstić information content (AvgIpc) is 3.07. The summed E-state index contributed by atoms with van der Waals surface area (Å²) in [7, 11) is -1.83. The van der Waals surface area contributed by atoms with Crippen LogP contribution in [0.4, 0.5) is 0 Å². The number of aromatic nitrogens is 2. The molecule has 2 aromatic heterocycles. The Balaban J connectivity index is 1.20. The Morgan fingerprint density at radius 1 is 0.816 bits per heavy atom. The standard InChI is InChI=1S/C43H56N4OSi/c1-28-19-31-21-39-36(42(24-28)34(31)13-9-17-46(42)26-30-11-7-6-8-12-30)15-16-38(44-39)33-23-37-40(45-41(33)49(3,4)5)22-32-20-29(2)25-43(37)35(32)14-10-18-47(43)27-48/h6-8,11-12,15-16,23,27-29,31-32,34-35H,9-10,13-14,17-22,24-26H2,1-5H3/t28-,29-,31+,32+,34-,35-,42-,43-/m1/s1. The van der Waals surface area contributed by atoms with Crippen LogP contribution in [0.3, 0.4) is 0 Å². The number of pyridine rings is 2. The van der Waals surface area contributed by atoms with Crippen LogP contribution in [0.15, 0.2) is 48.5 Å². The van der Waals surface area contributed by atoms with Gasteiger partial charge in [0, 0.05) is 40.9 Å². The van der Waals surface area contributed by atoms with Crippen LogP contribution in [-0.4, -0.2) is 47.3 Å². The lowest BCUT2D eigenvalue weighted by Gasteiger charge is -2.61. The normalized spacial score (nSPS) is 35.1. The summed E-state index contributed by atoms with van der Waals surface area (Å²) in [5.41, 5.74) is 9.14. The molecule has 258 valence electrons. The quantitative estimate of drug-likeness (QED) is 0.203. The Hall–Kier alpha value is -2.83. The van der Waals surface area contributed by atoms with Gasteiger partial charge < -0.3 is 4.90 Å². The van der Waals surface area contributed by atoms with E-state index in [0.29, 0.717) is 29.6 Å². The molecule has 0 N–H and O–H groups in total. The molecule has 3 aromatic rings. The van der Waals surface area contributed by atoms with Gasteiger partial charge in [0.1, 0.15) is 8.07 Å². The van der Waals surface area contributed by atoms with Crippen molar-refractivity contribution in [2.24, 2.45) is 35.5 Å². The SMILES string of the molecule is C[C@@H]1C[C@H]2Cc3nc([Si](C)(C)C)c(-c4ccc5c(n4)C[C@@H]4C[C@@H](C)C[C@@]56[C@@H]4CCCN6Cc4ccccc4)cc3[C@@]3(C1)[C@@H]2CCCN3C=O. The largest absolute Gasteiger partial charge is 0.335 e. The minimum Gasteiger partial charge on any atom is -0.335 e. The second-order valence-corrected chi connectivity index (χ2v) is 23.4. The smallest absolute Gasteiger partial charge is 0.210 e. The zero-order chi connectivity index (χ0) is 33.7. The van der Waals surface area contributed by atoms with Crippen LogP contribution in [0, 0.1) is 35.5 Å². The average molecular weight is 673 g/mol. The fraction of sp³-hybridized carbons (Fsp3) is 0.605. The van der Waals surface area contributed by atoms with Crippen molar-refractivity contribution < 1.29 is 4.79 Å². The second kappa shape index (κ2) is 11.6. The van der Waals surface area contributed by atoms with Crippen LogP contribution < -0.4 is 5.32 Å². The monoisotopic (exact) mass is 672 g/mol. The summed E-state index contributed by atoms with van der Waals surface area (Å²) in [6.45, 7) is 15.3. The molecule has 1 amide bonds. The van der Waals surface area contributed by atoms with Crippen LogP contribution >= 0.6 is 0 Å². The molecule has 1 aromatic carbocycles. The number of benzene rings is 1. The lowest BCUT2D eigenvalue weighted by molar-refractivity contribution is -0.141. The molecule has 9 rings (SSSR count). The molecule has 4 fully saturated rings. The summed E-state index contributed by atoms with van der Waals surface area (Å²) in [6.07, 6.45) is 13.2. The zero-order valence-electron chi connectivity index (χ0n) is 30.5. The molecule has 0 radical (unpaired) electrons. The van der Waals surface area contributed by atoms with E-state index in [-0.39, 0.29) is 11.1 Å². The molecule has 2 saturated carbocycles. The first-order valence-corrected chi connectivity index (χ1v) is 23.2. The number of piperidine rings is 2. The van der Waals surface area contributed by atoms with E-state index in [1.165, 1.54) is 83.9 Å². The molecular weight excluding hydrogens is 617 g/mol. The van der Waals surface area contributed by atoms with Crippen molar-refractivity contribution >= 4 is 19.8 Å². The van der Waals surface area contributed by atoms with Crippen molar-refractivity contribution in [3.8, 4) is 11.3 Å². The van der Waals surface area contributed by atoms with Crippen LogP contribution in [0.1, 0.15) is 93.3 Å². The third-order valence-electron chi connectivity index (χ3n) is 14.3. The predicted molar refractivity (Wildman–Crippen MR) is 200 cm³/mol. The van der Waals surface area contributed by atoms with Crippen LogP contribution in [0.2, 0.25) is 19.6 Å². The van der Waals surface area contributed by atoms with Gasteiger partial charge in [-0.3, -0.25) is 19.7 Å². The van der Waals surface area contributed by atoms with E-state index < -0.39 is 8.07 Å². The molecule has 2 aliphatic heterocycles. The van der Waals surface area contributed by atoms with Crippen molar-refractivity contribution in [3.05, 3.63) is 76.6 Å². The molecule has 4 aliphatic carbocycles. The highest BCUT2D eigenvalue weighted by molar-refractivity contribution is 6.89. The van der Waals surface area contributed by atoms with E-state index in [1.54, 1.807) is 0 Å². The van der Waals surface area contributed by atoms with Gasteiger partial charge >= 0.3 is 0 Å². The molecule has 0 unspecified atom stereocenters. The molecule has 4 heterocycles. The summed E-state index contributed by atoms with van der Waals surface area (Å²) >= 11 is 0. The van der Waals surface area contributed by atoms with E-state index in [2.05, 4.69) is 91.8 Å². The third kappa shape index (κ3) is 4.82. The van der Waals surface area contributed by atoms with Gasteiger partial charge in [0.2, 0.25) is 6.41 Å². The molecule has 49 heavy (non-hydrogen) atoms. The fourth-order valence-corrected chi connectivity index (χ4v) is 14.3. The second-order valence-electron chi connectivity index (χ2n) is 18.4. The molecule has 2 saturated heterocycles. The number of hydrogen-bond donors (Lipinski definition) is 0. The number of amides is 1. The van der Waals surface area contributed by atoms with Gasteiger partial charge in [0.25, 0.3) is 0 Å². The van der Waals surface area contributed by atoms with Crippen LogP contribution in [0.25, 0.3) is 11.3 Å². The number of nitrogens with zero attached hydrogens (tertiary/aromatic N) is 4. The Labute approximate surface area is 295 Å². The maximum atomic E-state index is 12.8. The molecule has 0 spiro atoms. The maximum absolute atomic E-state index is 12.8. The molecule has 6 aliphatic rings. The van der Waals surface area contributed by atoms with E-state index in [9.17, 15) is 4.79 Å². The summed E-state index contributed by atoms with van der Waals surface area (Å²) < 4.78 is 0. The van der Waals surface area contributed by atoms with E-state index in [0.717, 1.165) is 56.9 Å². The van der Waals surface area contributed by atoms with Gasteiger partial charge in [0.15, 0.2) is 0 Å². The minimum absolute atomic E-state index is 0.0667. The lowest BCUT2D eigenvalue weighted by Crippen LogP contribution is -2.62. The Kier molecular flexibility index (Phi) is 7.60. The Morgan fingerprint density at radius 3 is 2.16 bits per heavy atom. The Morgan fingerprint density at radius 2 is 1.47 bits per heavy atom. The number of carbonyl (C=O) groups excluding carboxylic acids is 1. The molecular formula is C43H56N4OSi. The number of rotatable bonds is 5. The van der Waals surface area contributed by atoms with Crippen LogP contribution in [-0.2, 0) is 35.3 Å². The van der Waals surface area contributed by atoms with Crippen molar-refractivity contribution in [1.29, 1.82) is 0 Å². The highest BCUT2D eigenvalue weighted by Crippen LogP contribution is 2.60. The van der Waals surface area contributed by atoms with E-state index in [4.69, 9.17) is 9.97 Å². The summed E-state index contributed by atoms with van der Waals surface area (Å²) in [4.78, 5) is 29.4. The highest BCUT2D eigenvalue weighted by atomic mass is 28.3. The van der Waals surface area contributed by atoms with Gasteiger partial charge in [-0.05, 0) is 130 Å².